The summed E-state index contributed by atoms with van der Waals surface area (Å²) >= 11 is 0. The Balaban J connectivity index is 1.30. The normalized spacial score (nSPS) is 20.4. The van der Waals surface area contributed by atoms with E-state index in [9.17, 15) is 18.0 Å². The van der Waals surface area contributed by atoms with Gasteiger partial charge in [-0.3, -0.25) is 13.9 Å². The molecule has 8 heteroatoms. The van der Waals surface area contributed by atoms with Crippen molar-refractivity contribution in [2.45, 2.75) is 83.1 Å². The molecule has 40 heavy (non-hydrogen) atoms. The molecular weight excluding hydrogens is 524 g/mol. The van der Waals surface area contributed by atoms with Crippen molar-refractivity contribution in [3.8, 4) is 5.75 Å². The van der Waals surface area contributed by atoms with Crippen molar-refractivity contribution >= 4 is 27.4 Å². The van der Waals surface area contributed by atoms with E-state index in [0.717, 1.165) is 50.5 Å². The van der Waals surface area contributed by atoms with E-state index in [-0.39, 0.29) is 41.0 Å². The summed E-state index contributed by atoms with van der Waals surface area (Å²) in [5.41, 5.74) is 2.09. The van der Waals surface area contributed by atoms with Crippen LogP contribution in [0.5, 0.6) is 5.75 Å². The third-order valence-electron chi connectivity index (χ3n) is 8.75. The molecule has 1 aliphatic carbocycles. The van der Waals surface area contributed by atoms with E-state index in [1.165, 1.54) is 10.4 Å². The van der Waals surface area contributed by atoms with E-state index >= 15 is 0 Å². The molecule has 2 aliphatic heterocycles. The van der Waals surface area contributed by atoms with Crippen LogP contribution in [-0.2, 0) is 21.2 Å². The molecule has 0 bridgehead atoms. The Morgan fingerprint density at radius 1 is 1.02 bits per heavy atom. The number of Topliss-reactive ketones (excluding diaryl/α,β-unsaturated/α-hetero) is 1. The number of carbonyl (C=O) groups is 2. The molecule has 216 valence electrons. The highest BCUT2D eigenvalue weighted by Gasteiger charge is 2.37. The second-order valence-electron chi connectivity index (χ2n) is 12.0. The third-order valence-corrected chi connectivity index (χ3v) is 10.5. The number of rotatable bonds is 8. The molecule has 3 aliphatic rings. The van der Waals surface area contributed by atoms with Crippen LogP contribution < -0.4 is 9.04 Å². The molecule has 1 atom stereocenters. The van der Waals surface area contributed by atoms with Gasteiger partial charge in [0.2, 0.25) is 5.91 Å². The monoisotopic (exact) mass is 566 g/mol. The van der Waals surface area contributed by atoms with Crippen LogP contribution in [0.1, 0.15) is 81.6 Å². The number of carbonyl (C=O) groups excluding carboxylic acids is 2. The summed E-state index contributed by atoms with van der Waals surface area (Å²) in [5, 5.41) is 0. The van der Waals surface area contributed by atoms with Gasteiger partial charge in [-0.1, -0.05) is 45.7 Å². The Labute approximate surface area is 238 Å². The Hall–Kier alpha value is -2.87. The molecule has 0 radical (unpaired) electrons. The number of anilines is 1. The maximum absolute atomic E-state index is 13.8. The summed E-state index contributed by atoms with van der Waals surface area (Å²) < 4.78 is 35.4. The van der Waals surface area contributed by atoms with Gasteiger partial charge in [0.05, 0.1) is 16.1 Å². The fourth-order valence-corrected chi connectivity index (χ4v) is 8.03. The predicted octanol–water partition coefficient (Wildman–Crippen LogP) is 5.86. The first-order chi connectivity index (χ1) is 19.2. The molecule has 0 aromatic heterocycles. The van der Waals surface area contributed by atoms with Gasteiger partial charge in [-0.15, -0.1) is 0 Å². The zero-order valence-electron chi connectivity index (χ0n) is 24.0. The van der Waals surface area contributed by atoms with E-state index in [1.54, 1.807) is 12.1 Å². The van der Waals surface area contributed by atoms with Gasteiger partial charge in [-0.2, -0.15) is 0 Å². The highest BCUT2D eigenvalue weighted by Crippen LogP contribution is 2.37. The number of fused-ring (bicyclic) bond motifs is 1. The smallest absolute Gasteiger partial charge is 0.264 e. The minimum Gasteiger partial charge on any atom is -0.489 e. The predicted molar refractivity (Wildman–Crippen MR) is 156 cm³/mol. The highest BCUT2D eigenvalue weighted by molar-refractivity contribution is 7.92. The average Bonchev–Trinajstić information content (AvgIpc) is 3.50. The molecule has 2 aromatic carbocycles. The molecule has 2 aromatic rings. The molecular formula is C32H42N2O5S. The van der Waals surface area contributed by atoms with Crippen LogP contribution in [0, 0.1) is 17.8 Å². The van der Waals surface area contributed by atoms with E-state index in [2.05, 4.69) is 6.92 Å². The Kier molecular flexibility index (Phi) is 8.55. The van der Waals surface area contributed by atoms with Crippen molar-refractivity contribution < 1.29 is 22.7 Å². The summed E-state index contributed by atoms with van der Waals surface area (Å²) in [6, 6.07) is 12.3. The van der Waals surface area contributed by atoms with Gasteiger partial charge in [-0.25, -0.2) is 8.42 Å². The SMILES string of the molecule is CCc1ccc(N(CC(C)C)S(=O)(=O)c2ccc3c(c2)C(=O)CC(C2CCN(C(=O)C4CCCC4)CC2)O3)cc1. The van der Waals surface area contributed by atoms with E-state index < -0.39 is 10.0 Å². The van der Waals surface area contributed by atoms with Crippen molar-refractivity contribution in [3.63, 3.8) is 0 Å². The summed E-state index contributed by atoms with van der Waals surface area (Å²) in [7, 11) is -3.89. The molecule has 1 saturated carbocycles. The van der Waals surface area contributed by atoms with Crippen LogP contribution in [0.4, 0.5) is 5.69 Å². The number of ketones is 1. The van der Waals surface area contributed by atoms with E-state index in [4.69, 9.17) is 4.74 Å². The zero-order chi connectivity index (χ0) is 28.4. The fraction of sp³-hybridized carbons (Fsp3) is 0.562. The molecule has 2 fully saturated rings. The van der Waals surface area contributed by atoms with Crippen molar-refractivity contribution in [1.29, 1.82) is 0 Å². The molecule has 1 unspecified atom stereocenters. The van der Waals surface area contributed by atoms with Crippen molar-refractivity contribution in [2.75, 3.05) is 23.9 Å². The first kappa shape index (κ1) is 28.7. The number of benzene rings is 2. The fourth-order valence-electron chi connectivity index (χ4n) is 6.37. The molecule has 5 rings (SSSR count). The van der Waals surface area contributed by atoms with Gasteiger partial charge < -0.3 is 9.64 Å². The van der Waals surface area contributed by atoms with Crippen LogP contribution >= 0.6 is 0 Å². The van der Waals surface area contributed by atoms with Gasteiger partial charge in [0, 0.05) is 32.0 Å². The molecule has 7 nitrogen and oxygen atoms in total. The maximum atomic E-state index is 13.8. The van der Waals surface area contributed by atoms with E-state index in [1.807, 2.05) is 43.0 Å². The molecule has 1 amide bonds. The van der Waals surface area contributed by atoms with Crippen molar-refractivity contribution in [3.05, 3.63) is 53.6 Å². The van der Waals surface area contributed by atoms with E-state index in [0.29, 0.717) is 42.5 Å². The molecule has 2 heterocycles. The van der Waals surface area contributed by atoms with Crippen LogP contribution in [-0.4, -0.2) is 50.7 Å². The number of hydrogen-bond acceptors (Lipinski definition) is 5. The number of hydrogen-bond donors (Lipinski definition) is 0. The summed E-state index contributed by atoms with van der Waals surface area (Å²) in [6.45, 7) is 7.80. The van der Waals surface area contributed by atoms with Crippen LogP contribution in [0.3, 0.4) is 0 Å². The zero-order valence-corrected chi connectivity index (χ0v) is 24.8. The van der Waals surface area contributed by atoms with Crippen LogP contribution in [0.15, 0.2) is 47.4 Å². The number of nitrogens with zero attached hydrogens (tertiary/aromatic N) is 2. The number of amides is 1. The molecule has 1 saturated heterocycles. The number of aryl methyl sites for hydroxylation is 1. The average molecular weight is 567 g/mol. The summed E-state index contributed by atoms with van der Waals surface area (Å²) in [4.78, 5) is 28.2. The first-order valence-corrected chi connectivity index (χ1v) is 16.4. The lowest BCUT2D eigenvalue weighted by Crippen LogP contribution is -2.45. The topological polar surface area (TPSA) is 84.0 Å². The maximum Gasteiger partial charge on any atom is 0.264 e. The number of piperidine rings is 1. The largest absolute Gasteiger partial charge is 0.489 e. The van der Waals surface area contributed by atoms with Gasteiger partial charge in [0.1, 0.15) is 11.9 Å². The second-order valence-corrected chi connectivity index (χ2v) is 13.9. The number of sulfonamides is 1. The molecule has 0 spiro atoms. The lowest BCUT2D eigenvalue weighted by Gasteiger charge is -2.38. The van der Waals surface area contributed by atoms with Crippen molar-refractivity contribution in [2.24, 2.45) is 17.8 Å². The van der Waals surface area contributed by atoms with Gasteiger partial charge in [0.25, 0.3) is 10.0 Å². The lowest BCUT2D eigenvalue weighted by molar-refractivity contribution is -0.137. The van der Waals surface area contributed by atoms with Gasteiger partial charge in [-0.05, 0) is 79.8 Å². The summed E-state index contributed by atoms with van der Waals surface area (Å²) in [5.74, 6) is 1.16. The number of ether oxygens (including phenoxy) is 1. The first-order valence-electron chi connectivity index (χ1n) is 14.9. The Morgan fingerprint density at radius 2 is 1.70 bits per heavy atom. The van der Waals surface area contributed by atoms with Crippen LogP contribution in [0.2, 0.25) is 0 Å². The number of likely N-dealkylation sites (tertiary alicyclic amines) is 1. The highest BCUT2D eigenvalue weighted by atomic mass is 32.2. The minimum absolute atomic E-state index is 0.0875. The van der Waals surface area contributed by atoms with Crippen molar-refractivity contribution in [1.82, 2.24) is 4.90 Å². The lowest BCUT2D eigenvalue weighted by atomic mass is 9.85. The third kappa shape index (κ3) is 5.92. The van der Waals surface area contributed by atoms with Gasteiger partial charge in [0.15, 0.2) is 5.78 Å². The second kappa shape index (κ2) is 11.9. The molecule has 0 N–H and O–H groups in total. The Morgan fingerprint density at radius 3 is 2.33 bits per heavy atom. The standard InChI is InChI=1S/C32H42N2O5S/c1-4-23-9-11-26(12-10-23)34(21-22(2)3)40(37,38)27-13-14-30-28(19-27)29(35)20-31(39-30)24-15-17-33(18-16-24)32(36)25-7-5-6-8-25/h9-14,19,22,24-25,31H,4-8,15-18,20-21H2,1-3H3. The summed E-state index contributed by atoms with van der Waals surface area (Å²) in [6.07, 6.45) is 6.81. The van der Waals surface area contributed by atoms with Crippen LogP contribution in [0.25, 0.3) is 0 Å². The quantitative estimate of drug-likeness (QED) is 0.400. The Bertz CT molecular complexity index is 1320. The van der Waals surface area contributed by atoms with Gasteiger partial charge >= 0.3 is 0 Å². The minimum atomic E-state index is -3.89.